The molecule has 1 amide bonds. The number of anilines is 1. The molecule has 0 aliphatic heterocycles. The maximum atomic E-state index is 12.8. The van der Waals surface area contributed by atoms with Gasteiger partial charge in [-0.1, -0.05) is 30.4 Å². The lowest BCUT2D eigenvalue weighted by molar-refractivity contribution is -0.146. The molecule has 4 heteroatoms. The largest absolute Gasteiger partial charge is 0.481 e. The molecule has 2 fully saturated rings. The number of hydrogen-bond acceptors (Lipinski definition) is 2. The first-order valence-corrected chi connectivity index (χ1v) is 7.82. The summed E-state index contributed by atoms with van der Waals surface area (Å²) in [4.78, 5) is 24.5. The topological polar surface area (TPSA) is 66.4 Å². The molecule has 0 radical (unpaired) electrons. The van der Waals surface area contributed by atoms with Crippen molar-refractivity contribution in [3.05, 3.63) is 42.0 Å². The molecule has 0 saturated heterocycles. The smallest absolute Gasteiger partial charge is 0.307 e. The van der Waals surface area contributed by atoms with Crippen molar-refractivity contribution in [2.75, 3.05) is 5.32 Å². The van der Waals surface area contributed by atoms with Crippen LogP contribution in [-0.4, -0.2) is 17.0 Å². The molecule has 4 nitrogen and oxygen atoms in total. The molecular weight excluding hydrogens is 278 g/mol. The summed E-state index contributed by atoms with van der Waals surface area (Å²) in [6.45, 7) is 1.94. The number of amides is 1. The van der Waals surface area contributed by atoms with Crippen molar-refractivity contribution in [2.45, 2.75) is 19.8 Å². The van der Waals surface area contributed by atoms with Gasteiger partial charge in [0.1, 0.15) is 0 Å². The van der Waals surface area contributed by atoms with Crippen LogP contribution in [0.5, 0.6) is 0 Å². The van der Waals surface area contributed by atoms with Gasteiger partial charge < -0.3 is 10.4 Å². The maximum Gasteiger partial charge on any atom is 0.307 e. The van der Waals surface area contributed by atoms with Gasteiger partial charge in [-0.3, -0.25) is 9.59 Å². The molecule has 1 aromatic rings. The highest BCUT2D eigenvalue weighted by molar-refractivity contribution is 5.97. The third-order valence-electron chi connectivity index (χ3n) is 5.83. The number of hydrogen-bond donors (Lipinski definition) is 2. The van der Waals surface area contributed by atoms with Crippen LogP contribution in [0.2, 0.25) is 0 Å². The van der Waals surface area contributed by atoms with E-state index < -0.39 is 17.8 Å². The molecule has 0 unspecified atom stereocenters. The number of carboxylic acids is 1. The van der Waals surface area contributed by atoms with E-state index in [4.69, 9.17) is 0 Å². The Morgan fingerprint density at radius 2 is 1.77 bits per heavy atom. The van der Waals surface area contributed by atoms with E-state index in [1.807, 2.05) is 37.3 Å². The van der Waals surface area contributed by atoms with Crippen LogP contribution < -0.4 is 5.32 Å². The van der Waals surface area contributed by atoms with E-state index in [1.54, 1.807) is 0 Å². The molecule has 1 aromatic carbocycles. The van der Waals surface area contributed by atoms with Crippen LogP contribution in [0, 0.1) is 36.0 Å². The summed E-state index contributed by atoms with van der Waals surface area (Å²) in [6, 6.07) is 7.59. The second-order valence-corrected chi connectivity index (χ2v) is 6.86. The Balaban J connectivity index is 1.64. The number of nitrogens with one attached hydrogen (secondary N) is 1. The van der Waals surface area contributed by atoms with Gasteiger partial charge in [-0.15, -0.1) is 0 Å². The van der Waals surface area contributed by atoms with Gasteiger partial charge in [0.05, 0.1) is 11.8 Å². The van der Waals surface area contributed by atoms with E-state index in [2.05, 4.69) is 11.4 Å². The lowest BCUT2D eigenvalue weighted by Crippen LogP contribution is -2.36. The minimum Gasteiger partial charge on any atom is -0.481 e. The van der Waals surface area contributed by atoms with Crippen LogP contribution in [-0.2, 0) is 9.59 Å². The number of carboxylic acid groups (broad SMARTS) is 1. The van der Waals surface area contributed by atoms with Crippen molar-refractivity contribution in [3.63, 3.8) is 0 Å². The Morgan fingerprint density at radius 1 is 1.14 bits per heavy atom. The average molecular weight is 297 g/mol. The monoisotopic (exact) mass is 297 g/mol. The summed E-state index contributed by atoms with van der Waals surface area (Å²) < 4.78 is 0. The molecule has 2 saturated carbocycles. The number of carbonyl (C=O) groups excluding carboxylic acids is 1. The minimum absolute atomic E-state index is 0.0302. The molecule has 3 aliphatic rings. The second-order valence-electron chi connectivity index (χ2n) is 6.86. The SMILES string of the molecule is Cc1ccccc1NC(=O)[C@H]1[C@@H](C(=O)O)[C@H]2C=C[C@H]1C21CC1. The van der Waals surface area contributed by atoms with Crippen LogP contribution in [0.4, 0.5) is 5.69 Å². The molecule has 0 heterocycles. The van der Waals surface area contributed by atoms with Crippen molar-refractivity contribution in [1.29, 1.82) is 0 Å². The van der Waals surface area contributed by atoms with Crippen molar-refractivity contribution in [3.8, 4) is 0 Å². The zero-order valence-electron chi connectivity index (χ0n) is 12.5. The Hall–Kier alpha value is -2.10. The van der Waals surface area contributed by atoms with E-state index >= 15 is 0 Å². The zero-order valence-corrected chi connectivity index (χ0v) is 12.5. The van der Waals surface area contributed by atoms with Crippen LogP contribution in [0.3, 0.4) is 0 Å². The molecule has 2 N–H and O–H groups in total. The van der Waals surface area contributed by atoms with E-state index in [1.165, 1.54) is 0 Å². The molecule has 4 rings (SSSR count). The predicted octanol–water partition coefficient (Wildman–Crippen LogP) is 2.85. The fourth-order valence-electron chi connectivity index (χ4n) is 4.62. The van der Waals surface area contributed by atoms with Gasteiger partial charge in [-0.25, -0.2) is 0 Å². The first-order chi connectivity index (χ1) is 10.5. The van der Waals surface area contributed by atoms with Gasteiger partial charge in [0.15, 0.2) is 0 Å². The lowest BCUT2D eigenvalue weighted by atomic mass is 9.82. The molecular formula is C18H19NO3. The highest BCUT2D eigenvalue weighted by Crippen LogP contribution is 2.72. The number of carbonyl (C=O) groups is 2. The van der Waals surface area contributed by atoms with E-state index in [0.717, 1.165) is 24.1 Å². The molecule has 0 aromatic heterocycles. The first kappa shape index (κ1) is 13.6. The number of benzene rings is 1. The highest BCUT2D eigenvalue weighted by Gasteiger charge is 2.70. The molecule has 22 heavy (non-hydrogen) atoms. The summed E-state index contributed by atoms with van der Waals surface area (Å²) in [6.07, 6.45) is 6.22. The van der Waals surface area contributed by atoms with Crippen LogP contribution in [0.1, 0.15) is 18.4 Å². The molecule has 3 aliphatic carbocycles. The van der Waals surface area contributed by atoms with Crippen molar-refractivity contribution < 1.29 is 14.7 Å². The van der Waals surface area contributed by atoms with Gasteiger partial charge in [0, 0.05) is 5.69 Å². The Morgan fingerprint density at radius 3 is 2.36 bits per heavy atom. The molecule has 2 bridgehead atoms. The quantitative estimate of drug-likeness (QED) is 0.843. The number of para-hydroxylation sites is 1. The second kappa shape index (κ2) is 4.45. The van der Waals surface area contributed by atoms with Crippen molar-refractivity contribution in [2.24, 2.45) is 29.1 Å². The van der Waals surface area contributed by atoms with Crippen LogP contribution in [0.15, 0.2) is 36.4 Å². The van der Waals surface area contributed by atoms with Gasteiger partial charge in [0.25, 0.3) is 0 Å². The first-order valence-electron chi connectivity index (χ1n) is 7.82. The predicted molar refractivity (Wildman–Crippen MR) is 82.2 cm³/mol. The summed E-state index contributed by atoms with van der Waals surface area (Å²) in [5.74, 6) is -1.90. The van der Waals surface area contributed by atoms with Crippen molar-refractivity contribution in [1.82, 2.24) is 0 Å². The van der Waals surface area contributed by atoms with Gasteiger partial charge in [-0.2, -0.15) is 0 Å². The standard InChI is InChI=1S/C18H19NO3/c1-10-4-2-3-5-13(10)19-16(20)14-11-6-7-12(15(14)17(21)22)18(11)8-9-18/h2-7,11-12,14-15H,8-9H2,1H3,(H,19,20)(H,21,22)/t11-,12-,14-,15+/m1/s1. The average Bonchev–Trinajstić information content (AvgIpc) is 3.15. The zero-order chi connectivity index (χ0) is 15.5. The summed E-state index contributed by atoms with van der Waals surface area (Å²) in [5.41, 5.74) is 1.83. The Labute approximate surface area is 129 Å². The van der Waals surface area contributed by atoms with E-state index in [9.17, 15) is 14.7 Å². The molecule has 114 valence electrons. The minimum atomic E-state index is -0.840. The fraction of sp³-hybridized carbons (Fsp3) is 0.444. The lowest BCUT2D eigenvalue weighted by Gasteiger charge is -2.24. The van der Waals surface area contributed by atoms with Gasteiger partial charge >= 0.3 is 5.97 Å². The maximum absolute atomic E-state index is 12.8. The third-order valence-corrected chi connectivity index (χ3v) is 5.83. The van der Waals surface area contributed by atoms with Crippen molar-refractivity contribution >= 4 is 17.6 Å². The Kier molecular flexibility index (Phi) is 2.74. The number of aliphatic carboxylic acids is 1. The summed E-state index contributed by atoms with van der Waals surface area (Å²) in [7, 11) is 0. The summed E-state index contributed by atoms with van der Waals surface area (Å²) in [5, 5.41) is 12.6. The summed E-state index contributed by atoms with van der Waals surface area (Å²) >= 11 is 0. The normalized spacial score (nSPS) is 33.1. The molecule has 4 atom stereocenters. The molecule has 1 spiro atoms. The highest BCUT2D eigenvalue weighted by atomic mass is 16.4. The Bertz CT molecular complexity index is 689. The third kappa shape index (κ3) is 1.70. The van der Waals surface area contributed by atoms with Crippen LogP contribution in [0.25, 0.3) is 0 Å². The number of allylic oxidation sites excluding steroid dienone is 2. The van der Waals surface area contributed by atoms with Crippen LogP contribution >= 0.6 is 0 Å². The van der Waals surface area contributed by atoms with Gasteiger partial charge in [0.2, 0.25) is 5.91 Å². The van der Waals surface area contributed by atoms with E-state index in [-0.39, 0.29) is 23.2 Å². The number of rotatable bonds is 3. The fourth-order valence-corrected chi connectivity index (χ4v) is 4.62. The van der Waals surface area contributed by atoms with Gasteiger partial charge in [-0.05, 0) is 48.6 Å². The number of aryl methyl sites for hydroxylation is 1. The van der Waals surface area contributed by atoms with E-state index in [0.29, 0.717) is 0 Å².